The predicted octanol–water partition coefficient (Wildman–Crippen LogP) is 6.36. The molecule has 236 valence electrons. The van der Waals surface area contributed by atoms with Gasteiger partial charge in [-0.1, -0.05) is 23.7 Å². The lowest BCUT2D eigenvalue weighted by Gasteiger charge is -2.36. The topological polar surface area (TPSA) is 133 Å². The van der Waals surface area contributed by atoms with Gasteiger partial charge >= 0.3 is 0 Å². The highest BCUT2D eigenvalue weighted by Crippen LogP contribution is 2.38. The first-order valence-corrected chi connectivity index (χ1v) is 15.8. The van der Waals surface area contributed by atoms with Crippen LogP contribution >= 0.6 is 11.6 Å². The smallest absolute Gasteiger partial charge is 0.248 e. The quantitative estimate of drug-likeness (QED) is 0.161. The highest BCUT2D eigenvalue weighted by Gasteiger charge is 2.39. The van der Waals surface area contributed by atoms with Gasteiger partial charge in [0.25, 0.3) is 0 Å². The fraction of sp³-hybridized carbons (Fsp3) is 0.314. The summed E-state index contributed by atoms with van der Waals surface area (Å²) in [5.74, 6) is 0.681. The lowest BCUT2D eigenvalue weighted by atomic mass is 10.00. The van der Waals surface area contributed by atoms with E-state index in [2.05, 4.69) is 31.6 Å². The summed E-state index contributed by atoms with van der Waals surface area (Å²) in [5, 5.41) is 27.3. The highest BCUT2D eigenvalue weighted by molar-refractivity contribution is 6.32. The summed E-state index contributed by atoms with van der Waals surface area (Å²) in [4.78, 5) is 24.2. The second-order valence-corrected chi connectivity index (χ2v) is 11.8. The Kier molecular flexibility index (Phi) is 9.64. The van der Waals surface area contributed by atoms with Crippen LogP contribution in [0.15, 0.2) is 73.1 Å². The molecule has 2 aliphatic rings. The number of piperidine rings is 1. The SMILES string of the molecule is CCOc1cc2ncc(C#N)c(Nc3ccc(OCc4ccccn4)c(Cl)c3)c2cc1NC(=O)/C=C/CN1C2CCC1CC(O)C2. The van der Waals surface area contributed by atoms with Crippen LogP contribution in [0.3, 0.4) is 0 Å². The Morgan fingerprint density at radius 1 is 1.13 bits per heavy atom. The standard InChI is InChI=1S/C35H35ClN6O4/c1-2-45-33-18-30-28(17-31(33)41-34(44)7-5-13-42-25-9-10-26(42)16-27(43)15-25)35(22(19-37)20-39-30)40-23-8-11-32(29(36)14-23)46-21-24-6-3-4-12-38-24/h3-8,11-12,14,17-18,20,25-27,43H,2,9-10,13,15-16,21H2,1H3,(H,39,40)(H,41,44)/b7-5+. The molecular weight excluding hydrogens is 604 g/mol. The van der Waals surface area contributed by atoms with E-state index in [1.807, 2.05) is 37.3 Å². The summed E-state index contributed by atoms with van der Waals surface area (Å²) < 4.78 is 11.7. The molecule has 0 radical (unpaired) electrons. The Morgan fingerprint density at radius 2 is 1.96 bits per heavy atom. The lowest BCUT2D eigenvalue weighted by molar-refractivity contribution is -0.112. The molecule has 2 aromatic heterocycles. The molecule has 10 nitrogen and oxygen atoms in total. The van der Waals surface area contributed by atoms with Crippen LogP contribution in [-0.4, -0.2) is 57.2 Å². The highest BCUT2D eigenvalue weighted by atomic mass is 35.5. The number of halogens is 1. The number of hydrogen-bond acceptors (Lipinski definition) is 9. The van der Waals surface area contributed by atoms with Crippen molar-refractivity contribution in [2.24, 2.45) is 0 Å². The lowest BCUT2D eigenvalue weighted by Crippen LogP contribution is -2.44. The Hall–Kier alpha value is -4.69. The van der Waals surface area contributed by atoms with Crippen molar-refractivity contribution >= 4 is 45.5 Å². The molecule has 2 bridgehead atoms. The van der Waals surface area contributed by atoms with Crippen molar-refractivity contribution in [1.82, 2.24) is 14.9 Å². The summed E-state index contributed by atoms with van der Waals surface area (Å²) in [6, 6.07) is 17.3. The molecule has 4 heterocycles. The van der Waals surface area contributed by atoms with Crippen LogP contribution in [0.1, 0.15) is 43.9 Å². The molecule has 0 spiro atoms. The summed E-state index contributed by atoms with van der Waals surface area (Å²) in [6.07, 6.45) is 10.1. The second kappa shape index (κ2) is 14.2. The van der Waals surface area contributed by atoms with E-state index in [0.29, 0.717) is 75.3 Å². The summed E-state index contributed by atoms with van der Waals surface area (Å²) >= 11 is 6.56. The fourth-order valence-electron chi connectivity index (χ4n) is 6.29. The van der Waals surface area contributed by atoms with Gasteiger partial charge in [-0.2, -0.15) is 5.26 Å². The molecule has 2 unspecified atom stereocenters. The van der Waals surface area contributed by atoms with Crippen molar-refractivity contribution in [1.29, 1.82) is 5.26 Å². The van der Waals surface area contributed by atoms with Gasteiger partial charge in [-0.3, -0.25) is 19.7 Å². The van der Waals surface area contributed by atoms with Crippen molar-refractivity contribution in [2.45, 2.75) is 57.4 Å². The number of nitrogens with one attached hydrogen (secondary N) is 2. The zero-order valence-electron chi connectivity index (χ0n) is 25.4. The van der Waals surface area contributed by atoms with E-state index >= 15 is 0 Å². The first kappa shape index (κ1) is 31.3. The second-order valence-electron chi connectivity index (χ2n) is 11.4. The van der Waals surface area contributed by atoms with Crippen molar-refractivity contribution in [3.8, 4) is 17.6 Å². The maximum absolute atomic E-state index is 13.1. The van der Waals surface area contributed by atoms with Gasteiger partial charge in [-0.25, -0.2) is 0 Å². The average Bonchev–Trinajstić information content (AvgIpc) is 3.29. The van der Waals surface area contributed by atoms with E-state index in [0.717, 1.165) is 31.4 Å². The fourth-order valence-corrected chi connectivity index (χ4v) is 6.52. The number of aliphatic hydroxyl groups is 1. The van der Waals surface area contributed by atoms with Crippen LogP contribution in [0.25, 0.3) is 10.9 Å². The van der Waals surface area contributed by atoms with Crippen LogP contribution in [0.2, 0.25) is 5.02 Å². The van der Waals surface area contributed by atoms with Crippen LogP contribution in [0.5, 0.6) is 11.5 Å². The molecule has 0 saturated carbocycles. The minimum atomic E-state index is -0.295. The van der Waals surface area contributed by atoms with Gasteiger partial charge in [0.1, 0.15) is 24.2 Å². The number of benzene rings is 2. The molecular formula is C35H35ClN6O4. The number of pyridine rings is 2. The zero-order valence-corrected chi connectivity index (χ0v) is 26.2. The van der Waals surface area contributed by atoms with E-state index < -0.39 is 0 Å². The number of nitrogens with zero attached hydrogens (tertiary/aromatic N) is 4. The maximum atomic E-state index is 13.1. The number of aliphatic hydroxyl groups excluding tert-OH is 1. The van der Waals surface area contributed by atoms with Crippen LogP contribution in [0, 0.1) is 11.3 Å². The van der Waals surface area contributed by atoms with Gasteiger partial charge < -0.3 is 25.2 Å². The zero-order chi connectivity index (χ0) is 32.0. The number of nitriles is 1. The molecule has 1 amide bonds. The maximum Gasteiger partial charge on any atom is 0.248 e. The Labute approximate surface area is 272 Å². The van der Waals surface area contributed by atoms with Gasteiger partial charge in [0.15, 0.2) is 0 Å². The van der Waals surface area contributed by atoms with Gasteiger partial charge in [0.05, 0.1) is 45.9 Å². The van der Waals surface area contributed by atoms with E-state index in [1.54, 1.807) is 30.5 Å². The summed E-state index contributed by atoms with van der Waals surface area (Å²) in [6.45, 7) is 3.19. The first-order valence-electron chi connectivity index (χ1n) is 15.4. The van der Waals surface area contributed by atoms with E-state index in [-0.39, 0.29) is 18.6 Å². The molecule has 4 aromatic rings. The Morgan fingerprint density at radius 3 is 2.67 bits per heavy atom. The number of amides is 1. The third-order valence-corrected chi connectivity index (χ3v) is 8.69. The minimum absolute atomic E-state index is 0.227. The number of carbonyl (C=O) groups is 1. The molecule has 11 heteroatoms. The number of carbonyl (C=O) groups excluding carboxylic acids is 1. The van der Waals surface area contributed by atoms with Crippen molar-refractivity contribution in [2.75, 3.05) is 23.8 Å². The molecule has 46 heavy (non-hydrogen) atoms. The van der Waals surface area contributed by atoms with E-state index in [1.165, 1.54) is 12.3 Å². The van der Waals surface area contributed by atoms with Gasteiger partial charge in [0, 0.05) is 54.2 Å². The van der Waals surface area contributed by atoms with Gasteiger partial charge in [0.2, 0.25) is 5.91 Å². The molecule has 2 saturated heterocycles. The third-order valence-electron chi connectivity index (χ3n) is 8.40. The number of aromatic nitrogens is 2. The molecule has 3 N–H and O–H groups in total. The number of anilines is 3. The number of rotatable bonds is 11. The summed E-state index contributed by atoms with van der Waals surface area (Å²) in [5.41, 5.74) is 3.30. The largest absolute Gasteiger partial charge is 0.492 e. The van der Waals surface area contributed by atoms with Crippen LogP contribution in [0.4, 0.5) is 17.1 Å². The summed E-state index contributed by atoms with van der Waals surface area (Å²) in [7, 11) is 0. The minimum Gasteiger partial charge on any atom is -0.492 e. The Balaban J connectivity index is 1.22. The van der Waals surface area contributed by atoms with Crippen LogP contribution in [-0.2, 0) is 11.4 Å². The molecule has 2 aromatic carbocycles. The average molecular weight is 639 g/mol. The van der Waals surface area contributed by atoms with E-state index in [4.69, 9.17) is 21.1 Å². The van der Waals surface area contributed by atoms with Crippen molar-refractivity contribution in [3.63, 3.8) is 0 Å². The monoisotopic (exact) mass is 638 g/mol. The van der Waals surface area contributed by atoms with Crippen molar-refractivity contribution < 1.29 is 19.4 Å². The van der Waals surface area contributed by atoms with E-state index in [9.17, 15) is 15.2 Å². The molecule has 2 fully saturated rings. The molecule has 0 aliphatic carbocycles. The van der Waals surface area contributed by atoms with Crippen LogP contribution < -0.4 is 20.1 Å². The number of hydrogen-bond donors (Lipinski definition) is 3. The molecule has 2 atom stereocenters. The first-order chi connectivity index (χ1) is 22.4. The third kappa shape index (κ3) is 7.07. The molecule has 6 rings (SSSR count). The number of fused-ring (bicyclic) bond motifs is 3. The normalized spacial score (nSPS) is 19.2. The number of ether oxygens (including phenoxy) is 2. The molecule has 2 aliphatic heterocycles. The Bertz CT molecular complexity index is 1780. The van der Waals surface area contributed by atoms with Crippen molar-refractivity contribution in [3.05, 3.63) is 89.4 Å². The predicted molar refractivity (Wildman–Crippen MR) is 177 cm³/mol. The van der Waals surface area contributed by atoms with Gasteiger partial charge in [-0.05, 0) is 69.0 Å². The van der Waals surface area contributed by atoms with Gasteiger partial charge in [-0.15, -0.1) is 0 Å².